The van der Waals surface area contributed by atoms with E-state index >= 15 is 0 Å². The molecule has 1 aromatic carbocycles. The number of benzene rings is 1. The first-order valence-electron chi connectivity index (χ1n) is 5.71. The Morgan fingerprint density at radius 3 is 2.76 bits per heavy atom. The van der Waals surface area contributed by atoms with Crippen molar-refractivity contribution in [2.24, 2.45) is 5.73 Å². The van der Waals surface area contributed by atoms with Crippen molar-refractivity contribution in [3.05, 3.63) is 35.4 Å². The number of nitrogens with two attached hydrogens (primary N) is 1. The van der Waals surface area contributed by atoms with Gasteiger partial charge in [0.15, 0.2) is 5.78 Å². The Balaban J connectivity index is 2.37. The van der Waals surface area contributed by atoms with Crippen molar-refractivity contribution in [2.75, 3.05) is 0 Å². The minimum atomic E-state index is -0.474. The Kier molecular flexibility index (Phi) is 2.79. The molecule has 2 rings (SSSR count). The predicted octanol–water partition coefficient (Wildman–Crippen LogP) is 2.40. The lowest BCUT2D eigenvalue weighted by Crippen LogP contribution is -2.28. The molecule has 0 radical (unpaired) electrons. The van der Waals surface area contributed by atoms with Gasteiger partial charge in [0, 0.05) is 11.1 Å². The smallest absolute Gasteiger partial charge is 0.179 e. The highest BCUT2D eigenvalue weighted by Crippen LogP contribution is 2.31. The fourth-order valence-corrected chi connectivity index (χ4v) is 1.80. The largest absolute Gasteiger partial charge is 0.483 e. The van der Waals surface area contributed by atoms with E-state index in [1.807, 2.05) is 38.1 Å². The van der Waals surface area contributed by atoms with Gasteiger partial charge in [0.25, 0.3) is 0 Å². The molecule has 1 atom stereocenters. The van der Waals surface area contributed by atoms with Gasteiger partial charge in [-0.15, -0.1) is 0 Å². The third-order valence-corrected chi connectivity index (χ3v) is 2.75. The average molecular weight is 231 g/mol. The van der Waals surface area contributed by atoms with Gasteiger partial charge in [-0.25, -0.2) is 0 Å². The molecule has 0 fully saturated rings. The van der Waals surface area contributed by atoms with Crippen molar-refractivity contribution < 1.29 is 9.53 Å². The molecule has 90 valence electrons. The van der Waals surface area contributed by atoms with Gasteiger partial charge >= 0.3 is 0 Å². The first kappa shape index (κ1) is 11.9. The van der Waals surface area contributed by atoms with Gasteiger partial charge in [0.1, 0.15) is 11.4 Å². The number of hydrogen-bond acceptors (Lipinski definition) is 3. The minimum Gasteiger partial charge on any atom is -0.483 e. The highest BCUT2D eigenvalue weighted by Gasteiger charge is 2.22. The molecule has 17 heavy (non-hydrogen) atoms. The number of carbonyl (C=O) groups excluding carboxylic acids is 1. The van der Waals surface area contributed by atoms with E-state index in [4.69, 9.17) is 10.5 Å². The van der Waals surface area contributed by atoms with E-state index in [0.29, 0.717) is 5.56 Å². The molecule has 0 bridgehead atoms. The van der Waals surface area contributed by atoms with Crippen LogP contribution in [-0.2, 0) is 0 Å². The molecule has 0 spiro atoms. The van der Waals surface area contributed by atoms with E-state index in [9.17, 15) is 4.79 Å². The summed E-state index contributed by atoms with van der Waals surface area (Å²) >= 11 is 0. The van der Waals surface area contributed by atoms with Gasteiger partial charge in [0.2, 0.25) is 0 Å². The van der Waals surface area contributed by atoms with Gasteiger partial charge in [-0.3, -0.25) is 4.79 Å². The van der Waals surface area contributed by atoms with E-state index in [1.165, 1.54) is 0 Å². The number of ether oxygens (including phenoxy) is 1. The monoisotopic (exact) mass is 231 g/mol. The zero-order chi connectivity index (χ0) is 12.6. The van der Waals surface area contributed by atoms with E-state index in [2.05, 4.69) is 0 Å². The van der Waals surface area contributed by atoms with Gasteiger partial charge < -0.3 is 10.5 Å². The molecule has 1 heterocycles. The molecule has 3 nitrogen and oxygen atoms in total. The number of ketones is 1. The van der Waals surface area contributed by atoms with Crippen molar-refractivity contribution in [3.63, 3.8) is 0 Å². The van der Waals surface area contributed by atoms with Crippen LogP contribution in [0, 0.1) is 0 Å². The number of hydrogen-bond donors (Lipinski definition) is 1. The third-order valence-electron chi connectivity index (χ3n) is 2.75. The van der Waals surface area contributed by atoms with Crippen molar-refractivity contribution in [1.29, 1.82) is 0 Å². The second-order valence-corrected chi connectivity index (χ2v) is 4.94. The molecular formula is C14H17NO2. The molecule has 1 aliphatic heterocycles. The Bertz CT molecular complexity index is 487. The van der Waals surface area contributed by atoms with E-state index in [1.54, 1.807) is 13.0 Å². The molecular weight excluding hydrogens is 214 g/mol. The first-order valence-corrected chi connectivity index (χ1v) is 5.71. The van der Waals surface area contributed by atoms with Crippen LogP contribution in [0.5, 0.6) is 5.75 Å². The van der Waals surface area contributed by atoms with Crippen molar-refractivity contribution in [1.82, 2.24) is 0 Å². The Labute approximate surface area is 101 Å². The fraction of sp³-hybridized carbons (Fsp3) is 0.357. The minimum absolute atomic E-state index is 0.0500. The second kappa shape index (κ2) is 4.00. The predicted molar refractivity (Wildman–Crippen MR) is 68.2 cm³/mol. The number of fused-ring (bicyclic) bond motifs is 1. The van der Waals surface area contributed by atoms with Crippen LogP contribution >= 0.6 is 0 Å². The SMILES string of the molecule is CC(N)C(=O)c1ccc2c(c1)C=CC(C)(C)O2. The Morgan fingerprint density at radius 2 is 2.12 bits per heavy atom. The lowest BCUT2D eigenvalue weighted by molar-refractivity contribution is 0.0968. The molecule has 1 aromatic rings. The van der Waals surface area contributed by atoms with E-state index < -0.39 is 6.04 Å². The van der Waals surface area contributed by atoms with Crippen LogP contribution in [0.3, 0.4) is 0 Å². The third kappa shape index (κ3) is 2.39. The van der Waals surface area contributed by atoms with Crippen LogP contribution < -0.4 is 10.5 Å². The molecule has 1 aliphatic rings. The lowest BCUT2D eigenvalue weighted by Gasteiger charge is -2.28. The van der Waals surface area contributed by atoms with E-state index in [0.717, 1.165) is 11.3 Å². The van der Waals surface area contributed by atoms with Crippen LogP contribution in [-0.4, -0.2) is 17.4 Å². The molecule has 0 amide bonds. The van der Waals surface area contributed by atoms with Crippen LogP contribution in [0.4, 0.5) is 0 Å². The van der Waals surface area contributed by atoms with Gasteiger partial charge in [-0.1, -0.05) is 6.08 Å². The summed E-state index contributed by atoms with van der Waals surface area (Å²) in [6.45, 7) is 5.68. The van der Waals surface area contributed by atoms with Crippen LogP contribution in [0.2, 0.25) is 0 Å². The van der Waals surface area contributed by atoms with Crippen LogP contribution in [0.25, 0.3) is 6.08 Å². The molecule has 1 unspecified atom stereocenters. The maximum Gasteiger partial charge on any atom is 0.179 e. The normalized spacial score (nSPS) is 18.1. The average Bonchev–Trinajstić information content (AvgIpc) is 2.26. The highest BCUT2D eigenvalue weighted by atomic mass is 16.5. The Morgan fingerprint density at radius 1 is 1.41 bits per heavy atom. The van der Waals surface area contributed by atoms with Gasteiger partial charge in [-0.2, -0.15) is 0 Å². The fourth-order valence-electron chi connectivity index (χ4n) is 1.80. The zero-order valence-electron chi connectivity index (χ0n) is 10.4. The number of rotatable bonds is 2. The maximum atomic E-state index is 11.8. The summed E-state index contributed by atoms with van der Waals surface area (Å²) in [4.78, 5) is 11.8. The van der Waals surface area contributed by atoms with Crippen LogP contribution in [0.15, 0.2) is 24.3 Å². The summed E-state index contributed by atoms with van der Waals surface area (Å²) in [6, 6.07) is 4.95. The standard InChI is InChI=1S/C14H17NO2/c1-9(15)13(16)11-4-5-12-10(8-11)6-7-14(2,3)17-12/h4-9H,15H2,1-3H3. The first-order chi connectivity index (χ1) is 7.89. The number of Topliss-reactive ketones (excluding diaryl/α,β-unsaturated/α-hetero) is 1. The zero-order valence-corrected chi connectivity index (χ0v) is 10.4. The van der Waals surface area contributed by atoms with E-state index in [-0.39, 0.29) is 11.4 Å². The quantitative estimate of drug-likeness (QED) is 0.795. The summed E-state index contributed by atoms with van der Waals surface area (Å²) < 4.78 is 5.79. The molecule has 3 heteroatoms. The molecule has 0 saturated heterocycles. The molecule has 0 saturated carbocycles. The molecule has 0 aliphatic carbocycles. The van der Waals surface area contributed by atoms with Crippen molar-refractivity contribution in [2.45, 2.75) is 32.4 Å². The summed E-state index contributed by atoms with van der Waals surface area (Å²) in [5.41, 5.74) is 6.85. The Hall–Kier alpha value is -1.61. The molecule has 0 aromatic heterocycles. The number of carbonyl (C=O) groups is 1. The second-order valence-electron chi connectivity index (χ2n) is 4.94. The van der Waals surface area contributed by atoms with Crippen molar-refractivity contribution in [3.8, 4) is 5.75 Å². The van der Waals surface area contributed by atoms with Gasteiger partial charge in [0.05, 0.1) is 6.04 Å². The lowest BCUT2D eigenvalue weighted by atomic mass is 9.98. The molecule has 2 N–H and O–H groups in total. The maximum absolute atomic E-state index is 11.8. The van der Waals surface area contributed by atoms with Gasteiger partial charge in [-0.05, 0) is 45.0 Å². The summed E-state index contributed by atoms with van der Waals surface area (Å²) in [6.07, 6.45) is 3.96. The van der Waals surface area contributed by atoms with Crippen LogP contribution in [0.1, 0.15) is 36.7 Å². The summed E-state index contributed by atoms with van der Waals surface area (Å²) in [5.74, 6) is 0.754. The summed E-state index contributed by atoms with van der Waals surface area (Å²) in [5, 5.41) is 0. The highest BCUT2D eigenvalue weighted by molar-refractivity contribution is 6.00. The summed E-state index contributed by atoms with van der Waals surface area (Å²) in [7, 11) is 0. The van der Waals surface area contributed by atoms with Crippen molar-refractivity contribution >= 4 is 11.9 Å². The topological polar surface area (TPSA) is 52.3 Å².